The molecule has 2 aromatic carbocycles. The van der Waals surface area contributed by atoms with Crippen LogP contribution in [-0.4, -0.2) is 29.6 Å². The number of allylic oxidation sites excluding steroid dienone is 1. The van der Waals surface area contributed by atoms with E-state index in [1.165, 1.54) is 24.3 Å². The van der Waals surface area contributed by atoms with Crippen LogP contribution in [0.1, 0.15) is 16.8 Å². The molecule has 0 atom stereocenters. The van der Waals surface area contributed by atoms with E-state index in [2.05, 4.69) is 15.3 Å². The molecule has 0 amide bonds. The summed E-state index contributed by atoms with van der Waals surface area (Å²) in [5.41, 5.74) is 0.890. The van der Waals surface area contributed by atoms with E-state index < -0.39 is 31.3 Å². The predicted octanol–water partition coefficient (Wildman–Crippen LogP) is 3.80. The third-order valence-corrected chi connectivity index (χ3v) is 5.87. The van der Waals surface area contributed by atoms with E-state index in [-0.39, 0.29) is 29.4 Å². The Morgan fingerprint density at radius 2 is 1.90 bits per heavy atom. The lowest BCUT2D eigenvalue weighted by Gasteiger charge is -2.11. The highest BCUT2D eigenvalue weighted by atomic mass is 32.2. The molecule has 0 saturated carbocycles. The summed E-state index contributed by atoms with van der Waals surface area (Å²) in [6.45, 7) is 0. The Morgan fingerprint density at radius 3 is 2.61 bits per heavy atom. The molecule has 0 aliphatic heterocycles. The average Bonchev–Trinajstić information content (AvgIpc) is 3.14. The van der Waals surface area contributed by atoms with E-state index in [1.54, 1.807) is 12.1 Å². The zero-order valence-electron chi connectivity index (χ0n) is 16.0. The van der Waals surface area contributed by atoms with Gasteiger partial charge >= 0.3 is 0 Å². The molecule has 8 nitrogen and oxygen atoms in total. The second-order valence-corrected chi connectivity index (χ2v) is 8.77. The van der Waals surface area contributed by atoms with Crippen LogP contribution < -0.4 is 5.32 Å². The molecule has 1 heterocycles. The van der Waals surface area contributed by atoms with Gasteiger partial charge in [-0.25, -0.2) is 27.2 Å². The molecule has 0 bridgehead atoms. The Hall–Kier alpha value is -3.73. The first-order chi connectivity index (χ1) is 14.7. The number of benzene rings is 2. The Balaban J connectivity index is 1.73. The first-order valence-corrected chi connectivity index (χ1v) is 10.8. The van der Waals surface area contributed by atoms with Gasteiger partial charge in [-0.1, -0.05) is 24.3 Å². The SMILES string of the molecule is CS(=O)(=O)c1cccc(Nc2ncc(F)c(C3=CCc4c3cccc4[N+](=O)[O-])n2)c1F. The summed E-state index contributed by atoms with van der Waals surface area (Å²) in [6, 6.07) is 8.27. The van der Waals surface area contributed by atoms with Crippen LogP contribution in [0.2, 0.25) is 0 Å². The second kappa shape index (κ2) is 7.51. The summed E-state index contributed by atoms with van der Waals surface area (Å²) >= 11 is 0. The highest BCUT2D eigenvalue weighted by Gasteiger charge is 2.26. The van der Waals surface area contributed by atoms with Crippen LogP contribution >= 0.6 is 0 Å². The fourth-order valence-corrected chi connectivity index (χ4v) is 4.14. The number of nitrogens with one attached hydrogen (secondary N) is 1. The van der Waals surface area contributed by atoms with Gasteiger partial charge in [0.15, 0.2) is 21.5 Å². The minimum atomic E-state index is -3.80. The molecule has 0 spiro atoms. The third kappa shape index (κ3) is 3.75. The van der Waals surface area contributed by atoms with Crippen LogP contribution in [0.4, 0.5) is 26.1 Å². The Kier molecular flexibility index (Phi) is 4.97. The van der Waals surface area contributed by atoms with E-state index in [0.717, 1.165) is 18.5 Å². The number of rotatable bonds is 5. The monoisotopic (exact) mass is 444 g/mol. The Morgan fingerprint density at radius 1 is 1.16 bits per heavy atom. The zero-order chi connectivity index (χ0) is 22.3. The number of hydrogen-bond acceptors (Lipinski definition) is 7. The van der Waals surface area contributed by atoms with Crippen molar-refractivity contribution < 1.29 is 22.1 Å². The normalized spacial score (nSPS) is 12.9. The van der Waals surface area contributed by atoms with E-state index in [0.29, 0.717) is 16.7 Å². The standard InChI is InChI=1S/C20H14F2N4O4S/c1-31(29,30)17-7-3-5-15(18(17)22)24-20-23-10-14(21)19(25-20)13-9-8-12-11(13)4-2-6-16(12)26(27)28/h2-7,9-10H,8H2,1H3,(H,23,24,25). The van der Waals surface area contributed by atoms with Gasteiger partial charge in [-0.3, -0.25) is 10.1 Å². The number of nitrogens with zero attached hydrogens (tertiary/aromatic N) is 3. The van der Waals surface area contributed by atoms with Crippen LogP contribution in [0, 0.1) is 21.7 Å². The second-order valence-electron chi connectivity index (χ2n) is 6.79. The van der Waals surface area contributed by atoms with E-state index in [9.17, 15) is 27.3 Å². The van der Waals surface area contributed by atoms with Crippen LogP contribution in [0.15, 0.2) is 53.6 Å². The first kappa shape index (κ1) is 20.5. The molecule has 0 radical (unpaired) electrons. The van der Waals surface area contributed by atoms with Gasteiger partial charge in [0.05, 0.1) is 16.8 Å². The number of halogens is 2. The van der Waals surface area contributed by atoms with E-state index in [1.807, 2.05) is 0 Å². The highest BCUT2D eigenvalue weighted by molar-refractivity contribution is 7.90. The van der Waals surface area contributed by atoms with Crippen LogP contribution in [0.25, 0.3) is 5.57 Å². The van der Waals surface area contributed by atoms with Gasteiger partial charge in [0, 0.05) is 23.5 Å². The number of nitro groups is 1. The summed E-state index contributed by atoms with van der Waals surface area (Å²) in [5.74, 6) is -1.94. The van der Waals surface area contributed by atoms with Crippen molar-refractivity contribution in [2.24, 2.45) is 0 Å². The molecule has 4 rings (SSSR count). The number of nitro benzene ring substituents is 1. The van der Waals surface area contributed by atoms with Crippen molar-refractivity contribution in [1.29, 1.82) is 0 Å². The molecular formula is C20H14F2N4O4S. The van der Waals surface area contributed by atoms with Gasteiger partial charge in [-0.2, -0.15) is 0 Å². The smallest absolute Gasteiger partial charge is 0.273 e. The number of fused-ring (bicyclic) bond motifs is 1. The lowest BCUT2D eigenvalue weighted by atomic mass is 10.0. The molecule has 31 heavy (non-hydrogen) atoms. The third-order valence-electron chi connectivity index (χ3n) is 4.76. The van der Waals surface area contributed by atoms with Gasteiger partial charge in [0.1, 0.15) is 10.6 Å². The zero-order valence-corrected chi connectivity index (χ0v) is 16.8. The first-order valence-electron chi connectivity index (χ1n) is 8.92. The molecule has 158 valence electrons. The lowest BCUT2D eigenvalue weighted by molar-refractivity contribution is -0.385. The van der Waals surface area contributed by atoms with Crippen molar-refractivity contribution >= 4 is 32.7 Å². The molecule has 1 aromatic heterocycles. The van der Waals surface area contributed by atoms with Crippen LogP contribution in [0.3, 0.4) is 0 Å². The van der Waals surface area contributed by atoms with E-state index in [4.69, 9.17) is 0 Å². The highest BCUT2D eigenvalue weighted by Crippen LogP contribution is 2.37. The molecule has 1 aliphatic carbocycles. The fraction of sp³-hybridized carbons (Fsp3) is 0.100. The number of hydrogen-bond donors (Lipinski definition) is 1. The van der Waals surface area contributed by atoms with Crippen molar-refractivity contribution in [3.8, 4) is 0 Å². The predicted molar refractivity (Wildman–Crippen MR) is 109 cm³/mol. The number of aromatic nitrogens is 2. The molecular weight excluding hydrogens is 430 g/mol. The van der Waals surface area contributed by atoms with Crippen molar-refractivity contribution in [3.63, 3.8) is 0 Å². The number of anilines is 2. The molecule has 0 saturated heterocycles. The summed E-state index contributed by atoms with van der Waals surface area (Å²) in [7, 11) is -3.80. The maximum atomic E-state index is 14.6. The molecule has 0 fully saturated rings. The summed E-state index contributed by atoms with van der Waals surface area (Å²) in [4.78, 5) is 18.1. The van der Waals surface area contributed by atoms with E-state index >= 15 is 0 Å². The number of sulfone groups is 1. The molecule has 11 heteroatoms. The van der Waals surface area contributed by atoms with Gasteiger partial charge in [0.2, 0.25) is 5.95 Å². The molecule has 3 aromatic rings. The summed E-state index contributed by atoms with van der Waals surface area (Å²) < 4.78 is 52.6. The van der Waals surface area contributed by atoms with Crippen LogP contribution in [-0.2, 0) is 16.3 Å². The quantitative estimate of drug-likeness (QED) is 0.470. The van der Waals surface area contributed by atoms with Crippen LogP contribution in [0.5, 0.6) is 0 Å². The fourth-order valence-electron chi connectivity index (χ4n) is 3.38. The summed E-state index contributed by atoms with van der Waals surface area (Å²) in [5, 5.41) is 13.8. The minimum absolute atomic E-state index is 0.0729. The molecule has 1 N–H and O–H groups in total. The topological polar surface area (TPSA) is 115 Å². The van der Waals surface area contributed by atoms with Crippen molar-refractivity contribution in [2.75, 3.05) is 11.6 Å². The van der Waals surface area contributed by atoms with Gasteiger partial charge < -0.3 is 5.32 Å². The Labute approximate surface area is 175 Å². The van der Waals surface area contributed by atoms with Gasteiger partial charge in [0.25, 0.3) is 5.69 Å². The Bertz CT molecular complexity index is 1370. The minimum Gasteiger partial charge on any atom is -0.322 e. The maximum Gasteiger partial charge on any atom is 0.273 e. The average molecular weight is 444 g/mol. The molecule has 0 unspecified atom stereocenters. The lowest BCUT2D eigenvalue weighted by Crippen LogP contribution is -2.07. The van der Waals surface area contributed by atoms with Gasteiger partial charge in [-0.15, -0.1) is 0 Å². The summed E-state index contributed by atoms with van der Waals surface area (Å²) in [6.07, 6.45) is 3.63. The van der Waals surface area contributed by atoms with Crippen molar-refractivity contribution in [1.82, 2.24) is 9.97 Å². The van der Waals surface area contributed by atoms with Crippen molar-refractivity contribution in [2.45, 2.75) is 11.3 Å². The van der Waals surface area contributed by atoms with Crippen molar-refractivity contribution in [3.05, 3.63) is 87.2 Å². The maximum absolute atomic E-state index is 14.6. The van der Waals surface area contributed by atoms with Gasteiger partial charge in [-0.05, 0) is 24.1 Å². The largest absolute Gasteiger partial charge is 0.322 e. The molecule has 1 aliphatic rings.